The van der Waals surface area contributed by atoms with E-state index >= 15 is 0 Å². The molecule has 0 unspecified atom stereocenters. The number of carbonyl (C=O) groups is 1. The van der Waals surface area contributed by atoms with E-state index in [0.717, 1.165) is 0 Å². The summed E-state index contributed by atoms with van der Waals surface area (Å²) in [6.07, 6.45) is 0.122. The van der Waals surface area contributed by atoms with Gasteiger partial charge in [0, 0.05) is 5.69 Å². The monoisotopic (exact) mass is 308 g/mol. The summed E-state index contributed by atoms with van der Waals surface area (Å²) in [5.41, 5.74) is 6.44. The fourth-order valence-electron chi connectivity index (χ4n) is 1.63. The van der Waals surface area contributed by atoms with Gasteiger partial charge in [-0.15, -0.1) is 0 Å². The first kappa shape index (κ1) is 15.1. The number of halogens is 2. The van der Waals surface area contributed by atoms with Gasteiger partial charge in [-0.3, -0.25) is 4.79 Å². The summed E-state index contributed by atoms with van der Waals surface area (Å²) in [6, 6.07) is 10.6. The lowest BCUT2D eigenvalue weighted by molar-refractivity contribution is -0.116. The van der Waals surface area contributed by atoms with Crippen LogP contribution < -0.4 is 15.8 Å². The molecule has 2 rings (SSSR count). The van der Waals surface area contributed by atoms with Crippen molar-refractivity contribution in [1.29, 1.82) is 0 Å². The quantitative estimate of drug-likeness (QED) is 0.831. The maximum atomic E-state index is 13.1. The third-order valence-corrected chi connectivity index (χ3v) is 3.01. The van der Waals surface area contributed by atoms with Gasteiger partial charge in [0.25, 0.3) is 0 Å². The highest BCUT2D eigenvalue weighted by atomic mass is 35.5. The van der Waals surface area contributed by atoms with Gasteiger partial charge in [0.15, 0.2) is 0 Å². The molecule has 0 bridgehead atoms. The number of nitrogen functional groups attached to an aromatic ring is 1. The number of hydrogen-bond acceptors (Lipinski definition) is 3. The van der Waals surface area contributed by atoms with E-state index in [1.807, 2.05) is 0 Å². The zero-order valence-electron chi connectivity index (χ0n) is 11.1. The van der Waals surface area contributed by atoms with E-state index in [1.54, 1.807) is 24.3 Å². The van der Waals surface area contributed by atoms with Crippen molar-refractivity contribution in [3.05, 3.63) is 53.3 Å². The summed E-state index contributed by atoms with van der Waals surface area (Å²) < 4.78 is 18.5. The third kappa shape index (κ3) is 4.65. The summed E-state index contributed by atoms with van der Waals surface area (Å²) >= 11 is 5.86. The second-order valence-electron chi connectivity index (χ2n) is 4.34. The topological polar surface area (TPSA) is 64.3 Å². The molecular formula is C15H14ClFN2O2. The van der Waals surface area contributed by atoms with Gasteiger partial charge in [-0.25, -0.2) is 4.39 Å². The summed E-state index contributed by atoms with van der Waals surface area (Å²) in [5, 5.41) is 2.82. The fraction of sp³-hybridized carbons (Fsp3) is 0.133. The minimum atomic E-state index is -0.465. The number of amides is 1. The lowest BCUT2D eigenvalue weighted by Crippen LogP contribution is -2.15. The second-order valence-corrected chi connectivity index (χ2v) is 4.75. The molecule has 2 aromatic rings. The van der Waals surface area contributed by atoms with Crippen molar-refractivity contribution in [3.63, 3.8) is 0 Å². The van der Waals surface area contributed by atoms with Crippen LogP contribution in [0.4, 0.5) is 15.8 Å². The molecule has 6 heteroatoms. The Kier molecular flexibility index (Phi) is 5.00. The van der Waals surface area contributed by atoms with E-state index in [0.29, 0.717) is 11.4 Å². The highest BCUT2D eigenvalue weighted by molar-refractivity contribution is 6.33. The molecule has 0 saturated carbocycles. The maximum absolute atomic E-state index is 13.1. The van der Waals surface area contributed by atoms with Crippen LogP contribution in [0.5, 0.6) is 5.75 Å². The fourth-order valence-corrected chi connectivity index (χ4v) is 1.80. The van der Waals surface area contributed by atoms with Crippen LogP contribution in [0, 0.1) is 5.82 Å². The van der Waals surface area contributed by atoms with Crippen molar-refractivity contribution in [2.75, 3.05) is 17.7 Å². The van der Waals surface area contributed by atoms with Crippen LogP contribution in [0.15, 0.2) is 42.5 Å². The van der Waals surface area contributed by atoms with Gasteiger partial charge in [-0.2, -0.15) is 0 Å². The Morgan fingerprint density at radius 2 is 1.95 bits per heavy atom. The smallest absolute Gasteiger partial charge is 0.227 e. The van der Waals surface area contributed by atoms with Gasteiger partial charge in [-0.1, -0.05) is 11.6 Å². The van der Waals surface area contributed by atoms with Crippen molar-refractivity contribution in [1.82, 2.24) is 0 Å². The van der Waals surface area contributed by atoms with Gasteiger partial charge >= 0.3 is 0 Å². The maximum Gasteiger partial charge on any atom is 0.227 e. The van der Waals surface area contributed by atoms with Crippen LogP contribution in [0.25, 0.3) is 0 Å². The molecule has 0 fully saturated rings. The summed E-state index contributed by atoms with van der Waals surface area (Å²) in [4.78, 5) is 11.7. The molecule has 21 heavy (non-hydrogen) atoms. The number of nitrogens with two attached hydrogens (primary N) is 1. The molecule has 3 N–H and O–H groups in total. The molecule has 0 aliphatic rings. The van der Waals surface area contributed by atoms with E-state index in [2.05, 4.69) is 5.32 Å². The molecule has 2 aromatic carbocycles. The van der Waals surface area contributed by atoms with Crippen molar-refractivity contribution >= 4 is 28.9 Å². The predicted octanol–water partition coefficient (Wildman–Crippen LogP) is 3.47. The highest BCUT2D eigenvalue weighted by Crippen LogP contribution is 2.22. The zero-order chi connectivity index (χ0) is 15.2. The average Bonchev–Trinajstić information content (AvgIpc) is 2.45. The average molecular weight is 309 g/mol. The van der Waals surface area contributed by atoms with E-state index in [4.69, 9.17) is 22.1 Å². The first-order chi connectivity index (χ1) is 10.0. The number of rotatable bonds is 5. The van der Waals surface area contributed by atoms with Gasteiger partial charge in [0.1, 0.15) is 11.6 Å². The Morgan fingerprint density at radius 3 is 2.67 bits per heavy atom. The van der Waals surface area contributed by atoms with Crippen molar-refractivity contribution in [2.45, 2.75) is 6.42 Å². The Hall–Kier alpha value is -2.27. The molecule has 0 aromatic heterocycles. The SMILES string of the molecule is Nc1ccc(OCCC(=O)Nc2cc(F)ccc2Cl)cc1. The van der Waals surface area contributed by atoms with Crippen LogP contribution >= 0.6 is 11.6 Å². The zero-order valence-corrected chi connectivity index (χ0v) is 11.9. The highest BCUT2D eigenvalue weighted by Gasteiger charge is 2.07. The lowest BCUT2D eigenvalue weighted by atomic mass is 10.3. The first-order valence-electron chi connectivity index (χ1n) is 6.28. The summed E-state index contributed by atoms with van der Waals surface area (Å²) in [7, 11) is 0. The van der Waals surface area contributed by atoms with Crippen molar-refractivity contribution in [2.24, 2.45) is 0 Å². The largest absolute Gasteiger partial charge is 0.493 e. The third-order valence-electron chi connectivity index (χ3n) is 2.68. The number of anilines is 2. The Balaban J connectivity index is 1.82. The minimum absolute atomic E-state index is 0.122. The predicted molar refractivity (Wildman–Crippen MR) is 81.0 cm³/mol. The van der Waals surface area contributed by atoms with Crippen molar-refractivity contribution in [3.8, 4) is 5.75 Å². The summed E-state index contributed by atoms with van der Waals surface area (Å²) in [6.45, 7) is 0.197. The Morgan fingerprint density at radius 1 is 1.24 bits per heavy atom. The standard InChI is InChI=1S/C15H14ClFN2O2/c16-13-6-1-10(17)9-14(13)19-15(20)7-8-21-12-4-2-11(18)3-5-12/h1-6,9H,7-8,18H2,(H,19,20). The summed E-state index contributed by atoms with van der Waals surface area (Å²) in [5.74, 6) is -0.147. The van der Waals surface area contributed by atoms with Gasteiger partial charge in [0.2, 0.25) is 5.91 Å². The van der Waals surface area contributed by atoms with Crippen LogP contribution in [0.3, 0.4) is 0 Å². The number of nitrogens with one attached hydrogen (secondary N) is 1. The molecule has 0 saturated heterocycles. The molecule has 0 aliphatic carbocycles. The molecule has 0 spiro atoms. The number of ether oxygens (including phenoxy) is 1. The van der Waals surface area contributed by atoms with E-state index in [9.17, 15) is 9.18 Å². The lowest BCUT2D eigenvalue weighted by Gasteiger charge is -2.08. The molecule has 0 aliphatic heterocycles. The van der Waals surface area contributed by atoms with Crippen LogP contribution in [0.2, 0.25) is 5.02 Å². The molecule has 1 amide bonds. The first-order valence-corrected chi connectivity index (χ1v) is 6.65. The van der Waals surface area contributed by atoms with Crippen LogP contribution in [-0.4, -0.2) is 12.5 Å². The molecule has 0 radical (unpaired) electrons. The van der Waals surface area contributed by atoms with E-state index in [-0.39, 0.29) is 29.6 Å². The molecular weight excluding hydrogens is 295 g/mol. The van der Waals surface area contributed by atoms with E-state index in [1.165, 1.54) is 18.2 Å². The van der Waals surface area contributed by atoms with Crippen LogP contribution in [-0.2, 0) is 4.79 Å². The minimum Gasteiger partial charge on any atom is -0.493 e. The number of benzene rings is 2. The van der Waals surface area contributed by atoms with Gasteiger partial charge in [-0.05, 0) is 42.5 Å². The molecule has 0 heterocycles. The Labute approximate surface area is 126 Å². The molecule has 110 valence electrons. The van der Waals surface area contributed by atoms with Crippen molar-refractivity contribution < 1.29 is 13.9 Å². The number of hydrogen-bond donors (Lipinski definition) is 2. The molecule has 0 atom stereocenters. The second kappa shape index (κ2) is 6.95. The van der Waals surface area contributed by atoms with Gasteiger partial charge in [0.05, 0.1) is 23.7 Å². The normalized spacial score (nSPS) is 10.2. The number of carbonyl (C=O) groups excluding carboxylic acids is 1. The van der Waals surface area contributed by atoms with E-state index < -0.39 is 5.82 Å². The Bertz CT molecular complexity index is 632. The van der Waals surface area contributed by atoms with Gasteiger partial charge < -0.3 is 15.8 Å². The van der Waals surface area contributed by atoms with Crippen LogP contribution in [0.1, 0.15) is 6.42 Å². The molecule has 4 nitrogen and oxygen atoms in total.